The van der Waals surface area contributed by atoms with Gasteiger partial charge in [0.1, 0.15) is 5.75 Å². The van der Waals surface area contributed by atoms with Crippen LogP contribution >= 0.6 is 0 Å². The Labute approximate surface area is 134 Å². The van der Waals surface area contributed by atoms with Crippen molar-refractivity contribution in [2.24, 2.45) is 0 Å². The molecule has 3 rings (SSSR count). The van der Waals surface area contributed by atoms with Crippen molar-refractivity contribution in [3.8, 4) is 5.75 Å². The number of anilines is 2. The molecule has 0 radical (unpaired) electrons. The summed E-state index contributed by atoms with van der Waals surface area (Å²) in [4.78, 5) is 11.8. The molecule has 0 unspecified atom stereocenters. The molecule has 120 valence electrons. The molecular weight excluding hydrogens is 316 g/mol. The molecule has 1 aliphatic rings. The Morgan fingerprint density at radius 1 is 1.13 bits per heavy atom. The van der Waals surface area contributed by atoms with Gasteiger partial charge in [0, 0.05) is 7.05 Å². The van der Waals surface area contributed by atoms with E-state index in [-0.39, 0.29) is 10.8 Å². The number of amides is 1. The SMILES string of the molecule is C[C@@H]1Oc2ccc(S(=O)(=O)N(C)c3ccccc3)cc2NC1=O. The van der Waals surface area contributed by atoms with Gasteiger partial charge in [-0.1, -0.05) is 18.2 Å². The highest BCUT2D eigenvalue weighted by Crippen LogP contribution is 2.33. The van der Waals surface area contributed by atoms with Gasteiger partial charge in [0.15, 0.2) is 6.10 Å². The summed E-state index contributed by atoms with van der Waals surface area (Å²) in [5.41, 5.74) is 0.912. The van der Waals surface area contributed by atoms with Gasteiger partial charge in [-0.05, 0) is 37.3 Å². The Morgan fingerprint density at radius 2 is 1.83 bits per heavy atom. The van der Waals surface area contributed by atoms with Crippen LogP contribution in [0.3, 0.4) is 0 Å². The summed E-state index contributed by atoms with van der Waals surface area (Å²) in [5.74, 6) is 0.155. The van der Waals surface area contributed by atoms with Gasteiger partial charge >= 0.3 is 0 Å². The van der Waals surface area contributed by atoms with Gasteiger partial charge in [-0.3, -0.25) is 9.10 Å². The van der Waals surface area contributed by atoms with E-state index in [9.17, 15) is 13.2 Å². The van der Waals surface area contributed by atoms with E-state index in [0.29, 0.717) is 17.1 Å². The molecule has 0 saturated heterocycles. The maximum Gasteiger partial charge on any atom is 0.265 e. The van der Waals surface area contributed by atoms with E-state index in [1.807, 2.05) is 6.07 Å². The van der Waals surface area contributed by atoms with Crippen LogP contribution in [0.2, 0.25) is 0 Å². The zero-order valence-electron chi connectivity index (χ0n) is 12.7. The third-order valence-corrected chi connectivity index (χ3v) is 5.44. The molecule has 6 nitrogen and oxygen atoms in total. The maximum atomic E-state index is 12.7. The lowest BCUT2D eigenvalue weighted by Gasteiger charge is -2.25. The Balaban J connectivity index is 1.98. The molecule has 1 N–H and O–H groups in total. The van der Waals surface area contributed by atoms with Crippen molar-refractivity contribution in [2.45, 2.75) is 17.9 Å². The lowest BCUT2D eigenvalue weighted by molar-refractivity contribution is -0.122. The summed E-state index contributed by atoms with van der Waals surface area (Å²) in [6.07, 6.45) is -0.600. The number of hydrogen-bond donors (Lipinski definition) is 1. The number of ether oxygens (including phenoxy) is 1. The third-order valence-electron chi connectivity index (χ3n) is 3.66. The Hall–Kier alpha value is -2.54. The van der Waals surface area contributed by atoms with E-state index in [1.54, 1.807) is 37.3 Å². The van der Waals surface area contributed by atoms with Gasteiger partial charge in [-0.25, -0.2) is 8.42 Å². The molecule has 2 aromatic carbocycles. The zero-order chi connectivity index (χ0) is 16.6. The number of para-hydroxylation sites is 1. The second-order valence-electron chi connectivity index (χ2n) is 5.22. The number of fused-ring (bicyclic) bond motifs is 1. The number of sulfonamides is 1. The Bertz CT molecular complexity index is 850. The largest absolute Gasteiger partial charge is 0.479 e. The molecule has 0 fully saturated rings. The second-order valence-corrected chi connectivity index (χ2v) is 7.18. The first kappa shape index (κ1) is 15.4. The van der Waals surface area contributed by atoms with Gasteiger partial charge in [-0.15, -0.1) is 0 Å². The summed E-state index contributed by atoms with van der Waals surface area (Å²) in [6.45, 7) is 1.63. The van der Waals surface area contributed by atoms with Gasteiger partial charge in [0.05, 0.1) is 16.3 Å². The highest BCUT2D eigenvalue weighted by atomic mass is 32.2. The molecule has 23 heavy (non-hydrogen) atoms. The summed E-state index contributed by atoms with van der Waals surface area (Å²) in [5, 5.41) is 2.65. The van der Waals surface area contributed by atoms with Crippen molar-refractivity contribution < 1.29 is 17.9 Å². The quantitative estimate of drug-likeness (QED) is 0.935. The number of hydrogen-bond acceptors (Lipinski definition) is 4. The third kappa shape index (κ3) is 2.75. The van der Waals surface area contributed by atoms with Crippen LogP contribution in [-0.2, 0) is 14.8 Å². The first-order valence-corrected chi connectivity index (χ1v) is 8.49. The molecule has 0 aromatic heterocycles. The minimum absolute atomic E-state index is 0.0843. The normalized spacial score (nSPS) is 17.0. The van der Waals surface area contributed by atoms with E-state index in [4.69, 9.17) is 4.74 Å². The standard InChI is InChI=1S/C16H16N2O4S/c1-11-16(19)17-14-10-13(8-9-15(14)22-11)23(20,21)18(2)12-6-4-3-5-7-12/h3-11H,1-2H3,(H,17,19)/t11-/m0/s1. The van der Waals surface area contributed by atoms with Crippen LogP contribution in [0.4, 0.5) is 11.4 Å². The van der Waals surface area contributed by atoms with E-state index < -0.39 is 16.1 Å². The molecule has 1 atom stereocenters. The van der Waals surface area contributed by atoms with Crippen molar-refractivity contribution in [3.05, 3.63) is 48.5 Å². The topological polar surface area (TPSA) is 75.7 Å². The second kappa shape index (κ2) is 5.58. The monoisotopic (exact) mass is 332 g/mol. The fourth-order valence-corrected chi connectivity index (χ4v) is 3.51. The fourth-order valence-electron chi connectivity index (χ4n) is 2.28. The molecule has 0 bridgehead atoms. The molecule has 0 saturated carbocycles. The lowest BCUT2D eigenvalue weighted by atomic mass is 10.2. The number of rotatable bonds is 3. The molecule has 2 aromatic rings. The smallest absolute Gasteiger partial charge is 0.265 e. The average Bonchev–Trinajstić information content (AvgIpc) is 2.55. The van der Waals surface area contributed by atoms with E-state index in [1.165, 1.54) is 23.5 Å². The van der Waals surface area contributed by atoms with Crippen LogP contribution in [0.5, 0.6) is 5.75 Å². The van der Waals surface area contributed by atoms with E-state index in [2.05, 4.69) is 5.32 Å². The molecule has 7 heteroatoms. The molecule has 0 spiro atoms. The Kier molecular flexibility index (Phi) is 3.73. The van der Waals surface area contributed by atoms with Crippen LogP contribution in [0.1, 0.15) is 6.92 Å². The van der Waals surface area contributed by atoms with Crippen molar-refractivity contribution in [1.82, 2.24) is 0 Å². The predicted octanol–water partition coefficient (Wildman–Crippen LogP) is 2.23. The van der Waals surface area contributed by atoms with E-state index in [0.717, 1.165) is 0 Å². The summed E-state index contributed by atoms with van der Waals surface area (Å²) in [6, 6.07) is 13.2. The van der Waals surface area contributed by atoms with Crippen molar-refractivity contribution in [1.29, 1.82) is 0 Å². The first-order valence-electron chi connectivity index (χ1n) is 7.05. The molecule has 1 aliphatic heterocycles. The minimum atomic E-state index is -3.73. The number of carbonyl (C=O) groups is 1. The highest BCUT2D eigenvalue weighted by molar-refractivity contribution is 7.92. The van der Waals surface area contributed by atoms with Crippen LogP contribution in [0, 0.1) is 0 Å². The lowest BCUT2D eigenvalue weighted by Crippen LogP contribution is -2.34. The molecular formula is C16H16N2O4S. The summed E-state index contributed by atoms with van der Waals surface area (Å²) in [7, 11) is -2.24. The average molecular weight is 332 g/mol. The number of nitrogens with zero attached hydrogens (tertiary/aromatic N) is 1. The van der Waals surface area contributed by atoms with Crippen molar-refractivity contribution in [3.63, 3.8) is 0 Å². The summed E-state index contributed by atoms with van der Waals surface area (Å²) < 4.78 is 32.1. The summed E-state index contributed by atoms with van der Waals surface area (Å²) >= 11 is 0. The molecule has 1 heterocycles. The van der Waals surface area contributed by atoms with Crippen LogP contribution in [0.25, 0.3) is 0 Å². The van der Waals surface area contributed by atoms with Gasteiger partial charge in [-0.2, -0.15) is 0 Å². The molecule has 0 aliphatic carbocycles. The number of benzene rings is 2. The fraction of sp³-hybridized carbons (Fsp3) is 0.188. The minimum Gasteiger partial charge on any atom is -0.479 e. The van der Waals surface area contributed by atoms with Gasteiger partial charge in [0.25, 0.3) is 15.9 Å². The Morgan fingerprint density at radius 3 is 2.52 bits per heavy atom. The zero-order valence-corrected chi connectivity index (χ0v) is 13.5. The van der Waals surface area contributed by atoms with Crippen LogP contribution in [-0.4, -0.2) is 27.5 Å². The van der Waals surface area contributed by atoms with E-state index >= 15 is 0 Å². The molecule has 1 amide bonds. The van der Waals surface area contributed by atoms with Gasteiger partial charge in [0.2, 0.25) is 0 Å². The van der Waals surface area contributed by atoms with Gasteiger partial charge < -0.3 is 10.1 Å². The predicted molar refractivity (Wildman–Crippen MR) is 87.2 cm³/mol. The number of carbonyl (C=O) groups excluding carboxylic acids is 1. The van der Waals surface area contributed by atoms with Crippen molar-refractivity contribution >= 4 is 27.3 Å². The number of nitrogens with one attached hydrogen (secondary N) is 1. The van der Waals surface area contributed by atoms with Crippen LogP contribution < -0.4 is 14.4 Å². The highest BCUT2D eigenvalue weighted by Gasteiger charge is 2.27. The van der Waals surface area contributed by atoms with Crippen LogP contribution in [0.15, 0.2) is 53.4 Å². The first-order chi connectivity index (χ1) is 10.9. The maximum absolute atomic E-state index is 12.7. The van der Waals surface area contributed by atoms with Crippen molar-refractivity contribution in [2.75, 3.05) is 16.7 Å².